The first kappa shape index (κ1) is 31.8. The van der Waals surface area contributed by atoms with E-state index >= 15 is 0 Å². The third-order valence-corrected chi connectivity index (χ3v) is 6.92. The van der Waals surface area contributed by atoms with E-state index < -0.39 is 35.9 Å². The van der Waals surface area contributed by atoms with Crippen LogP contribution in [0.4, 0.5) is 0 Å². The summed E-state index contributed by atoms with van der Waals surface area (Å²) in [5.74, 6) is -2.45. The van der Waals surface area contributed by atoms with Gasteiger partial charge in [0.15, 0.2) is 0 Å². The van der Waals surface area contributed by atoms with Crippen LogP contribution in [0, 0.1) is 5.92 Å². The molecule has 2 aromatic rings. The number of nitrogens with one attached hydrogen (secondary N) is 3. The molecule has 3 atom stereocenters. The summed E-state index contributed by atoms with van der Waals surface area (Å²) in [6, 6.07) is 15.7. The quantitative estimate of drug-likeness (QED) is 0.258. The van der Waals surface area contributed by atoms with Crippen molar-refractivity contribution in [2.75, 3.05) is 32.8 Å². The van der Waals surface area contributed by atoms with Gasteiger partial charge < -0.3 is 25.8 Å². The molecule has 0 radical (unpaired) electrons. The SMILES string of the molecule is CC(C)C[C@@H](NC(=O)[C@H](CCc1ccccc1)NC(=O)CN1CCOCC1)C(=O)NC(Cc1ccccc1)C(=O)O. The van der Waals surface area contributed by atoms with Gasteiger partial charge in [0.05, 0.1) is 19.8 Å². The van der Waals surface area contributed by atoms with Gasteiger partial charge in [0.2, 0.25) is 17.7 Å². The second-order valence-corrected chi connectivity index (χ2v) is 10.8. The van der Waals surface area contributed by atoms with Crippen LogP contribution < -0.4 is 16.0 Å². The number of aliphatic carboxylic acids is 1. The third-order valence-electron chi connectivity index (χ3n) is 6.92. The van der Waals surface area contributed by atoms with Crippen LogP contribution in [-0.2, 0) is 36.8 Å². The van der Waals surface area contributed by atoms with Gasteiger partial charge in [-0.3, -0.25) is 19.3 Å². The second-order valence-electron chi connectivity index (χ2n) is 10.8. The van der Waals surface area contributed by atoms with Crippen LogP contribution in [0.25, 0.3) is 0 Å². The lowest BCUT2D eigenvalue weighted by Gasteiger charge is -2.28. The third kappa shape index (κ3) is 11.3. The molecule has 1 aliphatic heterocycles. The minimum atomic E-state index is -1.16. The number of benzene rings is 2. The number of carbonyl (C=O) groups is 4. The molecular weight excluding hydrogens is 524 g/mol. The highest BCUT2D eigenvalue weighted by Gasteiger charge is 2.30. The summed E-state index contributed by atoms with van der Waals surface area (Å²) in [7, 11) is 0. The van der Waals surface area contributed by atoms with Crippen LogP contribution >= 0.6 is 0 Å². The molecule has 0 aromatic heterocycles. The number of nitrogens with zero attached hydrogens (tertiary/aromatic N) is 1. The van der Waals surface area contributed by atoms with E-state index in [1.165, 1.54) is 0 Å². The molecule has 0 saturated carbocycles. The zero-order chi connectivity index (χ0) is 29.6. The van der Waals surface area contributed by atoms with Crippen molar-refractivity contribution in [3.63, 3.8) is 0 Å². The van der Waals surface area contributed by atoms with Gasteiger partial charge in [0.25, 0.3) is 0 Å². The van der Waals surface area contributed by atoms with Gasteiger partial charge in [-0.15, -0.1) is 0 Å². The van der Waals surface area contributed by atoms with Crippen molar-refractivity contribution in [3.8, 4) is 0 Å². The lowest BCUT2D eigenvalue weighted by atomic mass is 10.00. The highest BCUT2D eigenvalue weighted by Crippen LogP contribution is 2.11. The summed E-state index contributed by atoms with van der Waals surface area (Å²) < 4.78 is 5.35. The summed E-state index contributed by atoms with van der Waals surface area (Å²) >= 11 is 0. The van der Waals surface area contributed by atoms with E-state index in [0.717, 1.165) is 11.1 Å². The van der Waals surface area contributed by atoms with Crippen LogP contribution in [-0.4, -0.2) is 84.7 Å². The fraction of sp³-hybridized carbons (Fsp3) is 0.484. The normalized spacial score (nSPS) is 15.9. The van der Waals surface area contributed by atoms with Gasteiger partial charge in [-0.1, -0.05) is 74.5 Å². The van der Waals surface area contributed by atoms with Crippen molar-refractivity contribution < 1.29 is 29.0 Å². The standard InChI is InChI=1S/C31H42N4O6/c1-22(2)19-26(30(38)34-27(31(39)40)20-24-11-7-4-8-12-24)33-29(37)25(14-13-23-9-5-3-6-10-23)32-28(36)21-35-15-17-41-18-16-35/h3-12,22,25-27H,13-21H2,1-2H3,(H,32,36)(H,33,37)(H,34,38)(H,39,40)/t25-,26+,27?/m0/s1. The Morgan fingerprint density at radius 2 is 1.37 bits per heavy atom. The van der Waals surface area contributed by atoms with Crippen molar-refractivity contribution in [2.24, 2.45) is 5.92 Å². The minimum Gasteiger partial charge on any atom is -0.480 e. The molecule has 3 rings (SSSR count). The zero-order valence-electron chi connectivity index (χ0n) is 23.9. The molecule has 222 valence electrons. The molecule has 10 heteroatoms. The molecule has 0 spiro atoms. The molecule has 4 N–H and O–H groups in total. The maximum Gasteiger partial charge on any atom is 0.326 e. The number of rotatable bonds is 15. The predicted octanol–water partition coefficient (Wildman–Crippen LogP) is 1.78. The number of ether oxygens (including phenoxy) is 1. The number of aryl methyl sites for hydroxylation is 1. The molecule has 0 bridgehead atoms. The van der Waals surface area contributed by atoms with E-state index in [-0.39, 0.29) is 24.8 Å². The summed E-state index contributed by atoms with van der Waals surface area (Å²) in [6.07, 6.45) is 1.31. The maximum atomic E-state index is 13.5. The Morgan fingerprint density at radius 1 is 0.805 bits per heavy atom. The van der Waals surface area contributed by atoms with E-state index in [4.69, 9.17) is 4.74 Å². The van der Waals surface area contributed by atoms with Crippen molar-refractivity contribution in [1.82, 2.24) is 20.9 Å². The number of amides is 3. The van der Waals surface area contributed by atoms with E-state index in [1.54, 1.807) is 24.3 Å². The van der Waals surface area contributed by atoms with Gasteiger partial charge in [0, 0.05) is 19.5 Å². The van der Waals surface area contributed by atoms with Crippen LogP contribution in [0.5, 0.6) is 0 Å². The Hall–Kier alpha value is -3.76. The van der Waals surface area contributed by atoms with Crippen LogP contribution in [0.2, 0.25) is 0 Å². The van der Waals surface area contributed by atoms with Crippen molar-refractivity contribution in [2.45, 2.75) is 57.7 Å². The van der Waals surface area contributed by atoms with Crippen LogP contribution in [0.1, 0.15) is 37.8 Å². The smallest absolute Gasteiger partial charge is 0.326 e. The van der Waals surface area contributed by atoms with Gasteiger partial charge in [-0.05, 0) is 36.3 Å². The topological polar surface area (TPSA) is 137 Å². The molecule has 1 saturated heterocycles. The van der Waals surface area contributed by atoms with Gasteiger partial charge in [0.1, 0.15) is 18.1 Å². The fourth-order valence-electron chi connectivity index (χ4n) is 4.72. The number of carbonyl (C=O) groups excluding carboxylic acids is 3. The molecule has 41 heavy (non-hydrogen) atoms. The molecule has 2 aromatic carbocycles. The highest BCUT2D eigenvalue weighted by molar-refractivity contribution is 5.93. The predicted molar refractivity (Wildman–Crippen MR) is 155 cm³/mol. The minimum absolute atomic E-state index is 0.0436. The van der Waals surface area contributed by atoms with E-state index in [9.17, 15) is 24.3 Å². The number of hydrogen-bond acceptors (Lipinski definition) is 6. The second kappa shape index (κ2) is 16.5. The number of morpholine rings is 1. The van der Waals surface area contributed by atoms with Crippen LogP contribution in [0.3, 0.4) is 0 Å². The van der Waals surface area contributed by atoms with Crippen LogP contribution in [0.15, 0.2) is 60.7 Å². The summed E-state index contributed by atoms with van der Waals surface area (Å²) in [5.41, 5.74) is 1.79. The van der Waals surface area contributed by atoms with Gasteiger partial charge in [-0.2, -0.15) is 0 Å². The molecule has 3 amide bonds. The Morgan fingerprint density at radius 3 is 1.95 bits per heavy atom. The molecule has 1 fully saturated rings. The van der Waals surface area contributed by atoms with E-state index in [0.29, 0.717) is 45.6 Å². The Kier molecular flexibility index (Phi) is 12.8. The Balaban J connectivity index is 1.70. The summed E-state index contributed by atoms with van der Waals surface area (Å²) in [6.45, 7) is 6.37. The largest absolute Gasteiger partial charge is 0.480 e. The number of carboxylic acids is 1. The first-order valence-electron chi connectivity index (χ1n) is 14.2. The molecular formula is C31H42N4O6. The molecule has 1 aliphatic rings. The average molecular weight is 567 g/mol. The van der Waals surface area contributed by atoms with Gasteiger partial charge >= 0.3 is 5.97 Å². The summed E-state index contributed by atoms with van der Waals surface area (Å²) in [4.78, 5) is 53.7. The Labute approximate surface area is 241 Å². The molecule has 1 unspecified atom stereocenters. The lowest BCUT2D eigenvalue weighted by Crippen LogP contribution is -2.57. The number of hydrogen-bond donors (Lipinski definition) is 4. The Bertz CT molecular complexity index is 1120. The first-order chi connectivity index (χ1) is 19.7. The monoisotopic (exact) mass is 566 g/mol. The lowest BCUT2D eigenvalue weighted by molar-refractivity contribution is -0.142. The molecule has 1 heterocycles. The summed E-state index contributed by atoms with van der Waals surface area (Å²) in [5, 5.41) is 18.1. The maximum absolute atomic E-state index is 13.5. The van der Waals surface area contributed by atoms with Crippen molar-refractivity contribution in [1.29, 1.82) is 0 Å². The first-order valence-corrected chi connectivity index (χ1v) is 14.2. The average Bonchev–Trinajstić information content (AvgIpc) is 2.95. The van der Waals surface area contributed by atoms with Gasteiger partial charge in [-0.25, -0.2) is 4.79 Å². The number of carboxylic acid groups (broad SMARTS) is 1. The highest BCUT2D eigenvalue weighted by atomic mass is 16.5. The van der Waals surface area contributed by atoms with E-state index in [2.05, 4.69) is 16.0 Å². The van der Waals surface area contributed by atoms with E-state index in [1.807, 2.05) is 55.1 Å². The molecule has 0 aliphatic carbocycles. The van der Waals surface area contributed by atoms with Crippen molar-refractivity contribution >= 4 is 23.7 Å². The molecule has 10 nitrogen and oxygen atoms in total. The zero-order valence-corrected chi connectivity index (χ0v) is 23.9. The van der Waals surface area contributed by atoms with Crippen molar-refractivity contribution in [3.05, 3.63) is 71.8 Å². The fourth-order valence-corrected chi connectivity index (χ4v) is 4.72.